The zero-order valence-corrected chi connectivity index (χ0v) is 19.2. The third kappa shape index (κ3) is 3.81. The van der Waals surface area contributed by atoms with Crippen LogP contribution in [0.15, 0.2) is 45.8 Å². The van der Waals surface area contributed by atoms with Crippen molar-refractivity contribution >= 4 is 37.7 Å². The molecule has 0 N–H and O–H groups in total. The van der Waals surface area contributed by atoms with Gasteiger partial charge < -0.3 is 9.47 Å². The molecule has 0 spiro atoms. The van der Waals surface area contributed by atoms with Gasteiger partial charge >= 0.3 is 6.09 Å². The van der Waals surface area contributed by atoms with Crippen molar-refractivity contribution in [3.05, 3.63) is 52.0 Å². The van der Waals surface area contributed by atoms with Crippen LogP contribution in [0.25, 0.3) is 0 Å². The molecule has 1 amide bonds. The predicted molar refractivity (Wildman–Crippen MR) is 116 cm³/mol. The fourth-order valence-electron chi connectivity index (χ4n) is 4.03. The summed E-state index contributed by atoms with van der Waals surface area (Å²) in [4.78, 5) is 14.3. The van der Waals surface area contributed by atoms with E-state index in [9.17, 15) is 13.2 Å². The van der Waals surface area contributed by atoms with Crippen LogP contribution in [0.2, 0.25) is 0 Å². The molecule has 0 unspecified atom stereocenters. The van der Waals surface area contributed by atoms with Gasteiger partial charge in [0.2, 0.25) is 10.0 Å². The molecule has 9 heteroatoms. The average Bonchev–Trinajstić information content (AvgIpc) is 2.73. The molecule has 1 saturated heterocycles. The Hall–Kier alpha value is -2.10. The molecular formula is C21H23BrN2O5S. The molecule has 2 aromatic carbocycles. The Morgan fingerprint density at radius 2 is 1.87 bits per heavy atom. The van der Waals surface area contributed by atoms with Gasteiger partial charge in [-0.05, 0) is 55.7 Å². The summed E-state index contributed by atoms with van der Waals surface area (Å²) in [5.41, 5.74) is 2.69. The molecule has 4 rings (SSSR count). The molecule has 160 valence electrons. The van der Waals surface area contributed by atoms with E-state index in [-0.39, 0.29) is 23.6 Å². The Morgan fingerprint density at radius 3 is 2.57 bits per heavy atom. The maximum Gasteiger partial charge on any atom is 0.414 e. The van der Waals surface area contributed by atoms with E-state index >= 15 is 0 Å². The van der Waals surface area contributed by atoms with Crippen molar-refractivity contribution in [1.82, 2.24) is 4.31 Å². The molecule has 0 atom stereocenters. The number of ether oxygens (including phenoxy) is 2. The van der Waals surface area contributed by atoms with Gasteiger partial charge in [0.05, 0.1) is 12.8 Å². The first-order valence-electron chi connectivity index (χ1n) is 9.70. The zero-order chi connectivity index (χ0) is 21.5. The summed E-state index contributed by atoms with van der Waals surface area (Å²) in [6.45, 7) is 2.77. The average molecular weight is 495 g/mol. The fraction of sp³-hybridized carbons (Fsp3) is 0.381. The number of rotatable bonds is 4. The van der Waals surface area contributed by atoms with Crippen LogP contribution in [-0.2, 0) is 21.4 Å². The van der Waals surface area contributed by atoms with Crippen LogP contribution in [0, 0.1) is 6.92 Å². The molecule has 0 bridgehead atoms. The normalized spacial score (nSPS) is 18.1. The topological polar surface area (TPSA) is 76.2 Å². The van der Waals surface area contributed by atoms with Crippen LogP contribution in [0.1, 0.15) is 24.0 Å². The lowest BCUT2D eigenvalue weighted by Crippen LogP contribution is -2.50. The van der Waals surface area contributed by atoms with Gasteiger partial charge in [-0.1, -0.05) is 22.0 Å². The highest BCUT2D eigenvalue weighted by molar-refractivity contribution is 9.10. The molecule has 0 aliphatic carbocycles. The van der Waals surface area contributed by atoms with Crippen molar-refractivity contribution in [2.24, 2.45) is 0 Å². The number of carbonyl (C=O) groups is 1. The molecular weight excluding hydrogens is 472 g/mol. The van der Waals surface area contributed by atoms with Gasteiger partial charge in [-0.15, -0.1) is 0 Å². The number of sulfonamides is 1. The number of benzene rings is 2. The summed E-state index contributed by atoms with van der Waals surface area (Å²) in [6, 6.07) is 10.7. The van der Waals surface area contributed by atoms with Crippen LogP contribution in [0.5, 0.6) is 5.75 Å². The lowest BCUT2D eigenvalue weighted by atomic mass is 10.0. The Morgan fingerprint density at radius 1 is 1.13 bits per heavy atom. The highest BCUT2D eigenvalue weighted by Crippen LogP contribution is 2.35. The number of anilines is 1. The Bertz CT molecular complexity index is 1080. The first-order valence-corrected chi connectivity index (χ1v) is 11.9. The number of amides is 1. The van der Waals surface area contributed by atoms with E-state index in [4.69, 9.17) is 9.47 Å². The summed E-state index contributed by atoms with van der Waals surface area (Å²) >= 11 is 3.45. The number of hydrogen-bond acceptors (Lipinski definition) is 5. The number of fused-ring (bicyclic) bond motifs is 1. The predicted octanol–water partition coefficient (Wildman–Crippen LogP) is 4.08. The highest BCUT2D eigenvalue weighted by Gasteiger charge is 2.37. The summed E-state index contributed by atoms with van der Waals surface area (Å²) in [6.07, 6.45) is 0.669. The van der Waals surface area contributed by atoms with Gasteiger partial charge in [-0.3, -0.25) is 4.90 Å². The van der Waals surface area contributed by atoms with Crippen molar-refractivity contribution in [2.45, 2.75) is 37.3 Å². The second-order valence-corrected chi connectivity index (χ2v) is 10.3. The molecule has 2 aromatic rings. The van der Waals surface area contributed by atoms with E-state index in [1.807, 2.05) is 25.1 Å². The largest absolute Gasteiger partial charge is 0.495 e. The van der Waals surface area contributed by atoms with E-state index < -0.39 is 10.0 Å². The van der Waals surface area contributed by atoms with Crippen molar-refractivity contribution < 1.29 is 22.7 Å². The number of nitrogens with zero attached hydrogens (tertiary/aromatic N) is 2. The van der Waals surface area contributed by atoms with Gasteiger partial charge in [0.1, 0.15) is 17.3 Å². The van der Waals surface area contributed by atoms with Gasteiger partial charge in [0, 0.05) is 29.2 Å². The number of carbonyl (C=O) groups excluding carboxylic acids is 1. The molecule has 0 radical (unpaired) electrons. The molecule has 1 fully saturated rings. The van der Waals surface area contributed by atoms with Gasteiger partial charge in [0.15, 0.2) is 0 Å². The van der Waals surface area contributed by atoms with Crippen LogP contribution in [0.3, 0.4) is 0 Å². The maximum absolute atomic E-state index is 13.2. The standard InChI is InChI=1S/C21H23BrN2O5S/c1-14-3-6-20(19(11-14)28-2)30(26,27)23-9-7-17(8-10-23)24-18-5-4-16(22)12-15(18)13-29-21(24)25/h3-6,11-12,17H,7-10,13H2,1-2H3. The van der Waals surface area contributed by atoms with Crippen LogP contribution >= 0.6 is 15.9 Å². The number of piperidine rings is 1. The van der Waals surface area contributed by atoms with Gasteiger partial charge in [0.25, 0.3) is 0 Å². The Balaban J connectivity index is 1.54. The van der Waals surface area contributed by atoms with Crippen LogP contribution < -0.4 is 9.64 Å². The zero-order valence-electron chi connectivity index (χ0n) is 16.8. The number of aryl methyl sites for hydroxylation is 1. The minimum absolute atomic E-state index is 0.121. The van der Waals surface area contributed by atoms with Crippen molar-refractivity contribution in [1.29, 1.82) is 0 Å². The minimum Gasteiger partial charge on any atom is -0.495 e. The lowest BCUT2D eigenvalue weighted by Gasteiger charge is -2.39. The Labute approximate surface area is 184 Å². The smallest absolute Gasteiger partial charge is 0.414 e. The van der Waals surface area contributed by atoms with E-state index in [0.29, 0.717) is 31.7 Å². The number of cyclic esters (lactones) is 1. The minimum atomic E-state index is -3.69. The third-order valence-electron chi connectivity index (χ3n) is 5.57. The molecule has 2 aliphatic heterocycles. The molecule has 30 heavy (non-hydrogen) atoms. The van der Waals surface area contributed by atoms with E-state index in [0.717, 1.165) is 21.3 Å². The first kappa shape index (κ1) is 21.1. The fourth-order valence-corrected chi connectivity index (χ4v) is 6.04. The number of halogens is 1. The third-order valence-corrected chi connectivity index (χ3v) is 8.01. The van der Waals surface area contributed by atoms with Gasteiger partial charge in [-0.25, -0.2) is 13.2 Å². The number of hydrogen-bond donors (Lipinski definition) is 0. The van der Waals surface area contributed by atoms with Crippen molar-refractivity contribution in [3.63, 3.8) is 0 Å². The van der Waals surface area contributed by atoms with Crippen molar-refractivity contribution in [2.75, 3.05) is 25.1 Å². The highest BCUT2D eigenvalue weighted by atomic mass is 79.9. The molecule has 7 nitrogen and oxygen atoms in total. The monoisotopic (exact) mass is 494 g/mol. The van der Waals surface area contributed by atoms with E-state index in [2.05, 4.69) is 15.9 Å². The summed E-state index contributed by atoms with van der Waals surface area (Å²) in [5.74, 6) is 0.344. The molecule has 0 saturated carbocycles. The second-order valence-electron chi connectivity index (χ2n) is 7.49. The van der Waals surface area contributed by atoms with Gasteiger partial charge in [-0.2, -0.15) is 4.31 Å². The molecule has 0 aromatic heterocycles. The number of methoxy groups -OCH3 is 1. The second kappa shape index (κ2) is 8.20. The first-order chi connectivity index (χ1) is 14.3. The van der Waals surface area contributed by atoms with E-state index in [1.54, 1.807) is 23.1 Å². The maximum atomic E-state index is 13.2. The Kier molecular flexibility index (Phi) is 5.78. The molecule has 2 heterocycles. The van der Waals surface area contributed by atoms with Crippen molar-refractivity contribution in [3.8, 4) is 5.75 Å². The van der Waals surface area contributed by atoms with Crippen LogP contribution in [-0.4, -0.2) is 45.1 Å². The quantitative estimate of drug-likeness (QED) is 0.639. The summed E-state index contributed by atoms with van der Waals surface area (Å²) < 4.78 is 39.4. The molecule has 2 aliphatic rings. The SMILES string of the molecule is COc1cc(C)ccc1S(=O)(=O)N1CCC(N2C(=O)OCc3cc(Br)ccc32)CC1. The summed E-state index contributed by atoms with van der Waals surface area (Å²) in [7, 11) is -2.22. The van der Waals surface area contributed by atoms with E-state index in [1.165, 1.54) is 11.4 Å². The lowest BCUT2D eigenvalue weighted by molar-refractivity contribution is 0.135. The summed E-state index contributed by atoms with van der Waals surface area (Å²) in [5, 5.41) is 0. The van der Waals surface area contributed by atoms with Crippen LogP contribution in [0.4, 0.5) is 10.5 Å².